The van der Waals surface area contributed by atoms with Crippen LogP contribution in [-0.2, 0) is 0 Å². The highest BCUT2D eigenvalue weighted by molar-refractivity contribution is 6.42. The van der Waals surface area contributed by atoms with Crippen molar-refractivity contribution < 1.29 is 4.39 Å². The number of nitrogens with one attached hydrogen (secondary N) is 2. The number of pyridine rings is 1. The maximum Gasteiger partial charge on any atom is 0.166 e. The van der Waals surface area contributed by atoms with Gasteiger partial charge in [-0.2, -0.15) is 0 Å². The Labute approximate surface area is 153 Å². The lowest BCUT2D eigenvalue weighted by atomic mass is 10.0. The van der Waals surface area contributed by atoms with Crippen LogP contribution >= 0.6 is 23.2 Å². The Hall–Kier alpha value is -2.02. The van der Waals surface area contributed by atoms with Crippen LogP contribution in [-0.4, -0.2) is 28.0 Å². The zero-order chi connectivity index (χ0) is 17.4. The highest BCUT2D eigenvalue weighted by atomic mass is 35.5. The number of anilines is 2. The molecule has 25 heavy (non-hydrogen) atoms. The van der Waals surface area contributed by atoms with Crippen molar-refractivity contribution in [1.82, 2.24) is 20.3 Å². The highest BCUT2D eigenvalue weighted by Gasteiger charge is 2.19. The predicted molar refractivity (Wildman–Crippen MR) is 97.3 cm³/mol. The van der Waals surface area contributed by atoms with Crippen LogP contribution in [0.1, 0.15) is 18.0 Å². The summed E-state index contributed by atoms with van der Waals surface area (Å²) >= 11 is 11.7. The average molecular weight is 378 g/mol. The smallest absolute Gasteiger partial charge is 0.166 e. The number of hydrogen-bond donors (Lipinski definition) is 2. The fourth-order valence-corrected chi connectivity index (χ4v) is 3.27. The molecular formula is C17H14Cl2FN5. The number of nitrogens with zero attached hydrogens (tertiary/aromatic N) is 3. The number of hydrogen-bond acceptors (Lipinski definition) is 5. The lowest BCUT2D eigenvalue weighted by Crippen LogP contribution is -2.09. The maximum absolute atomic E-state index is 14.3. The molecule has 0 bridgehead atoms. The minimum Gasteiger partial charge on any atom is -0.337 e. The minimum atomic E-state index is -0.616. The summed E-state index contributed by atoms with van der Waals surface area (Å²) in [6.45, 7) is 1.88. The van der Waals surface area contributed by atoms with Gasteiger partial charge in [-0.3, -0.25) is 4.98 Å². The van der Waals surface area contributed by atoms with Gasteiger partial charge in [0.05, 0.1) is 27.4 Å². The Morgan fingerprint density at radius 2 is 2.08 bits per heavy atom. The molecule has 0 spiro atoms. The summed E-state index contributed by atoms with van der Waals surface area (Å²) < 4.78 is 14.3. The molecule has 2 aromatic heterocycles. The summed E-state index contributed by atoms with van der Waals surface area (Å²) in [6.07, 6.45) is 4.18. The van der Waals surface area contributed by atoms with Crippen LogP contribution in [0.15, 0.2) is 30.7 Å². The minimum absolute atomic E-state index is 0.121. The molecule has 128 valence electrons. The second-order valence-electron chi connectivity index (χ2n) is 5.89. The van der Waals surface area contributed by atoms with Crippen LogP contribution in [0.2, 0.25) is 10.0 Å². The van der Waals surface area contributed by atoms with Crippen molar-refractivity contribution in [3.05, 3.63) is 52.3 Å². The van der Waals surface area contributed by atoms with Crippen molar-refractivity contribution in [2.45, 2.75) is 12.3 Å². The molecule has 8 heteroatoms. The second kappa shape index (κ2) is 6.71. The largest absolute Gasteiger partial charge is 0.337 e. The van der Waals surface area contributed by atoms with Crippen LogP contribution in [0.25, 0.3) is 10.9 Å². The highest BCUT2D eigenvalue weighted by Crippen LogP contribution is 2.33. The van der Waals surface area contributed by atoms with Gasteiger partial charge in [0.1, 0.15) is 12.1 Å². The summed E-state index contributed by atoms with van der Waals surface area (Å²) in [6, 6.07) is 5.03. The lowest BCUT2D eigenvalue weighted by molar-refractivity contribution is 0.632. The molecule has 3 heterocycles. The van der Waals surface area contributed by atoms with Gasteiger partial charge in [-0.1, -0.05) is 23.2 Å². The molecule has 2 N–H and O–H groups in total. The molecule has 1 aliphatic rings. The van der Waals surface area contributed by atoms with Crippen molar-refractivity contribution in [3.63, 3.8) is 0 Å². The maximum atomic E-state index is 14.3. The van der Waals surface area contributed by atoms with Crippen molar-refractivity contribution >= 4 is 45.6 Å². The van der Waals surface area contributed by atoms with Crippen LogP contribution in [0.3, 0.4) is 0 Å². The zero-order valence-corrected chi connectivity index (χ0v) is 14.6. The Morgan fingerprint density at radius 3 is 2.88 bits per heavy atom. The molecule has 3 aromatic rings. The Bertz CT molecular complexity index is 944. The molecule has 1 aliphatic heterocycles. The van der Waals surface area contributed by atoms with Crippen molar-refractivity contribution in [2.24, 2.45) is 0 Å². The summed E-state index contributed by atoms with van der Waals surface area (Å²) in [5.41, 5.74) is 1.87. The second-order valence-corrected chi connectivity index (χ2v) is 6.67. The first kappa shape index (κ1) is 16.4. The predicted octanol–water partition coefficient (Wildman–Crippen LogP) is 4.29. The van der Waals surface area contributed by atoms with E-state index in [1.54, 1.807) is 6.20 Å². The van der Waals surface area contributed by atoms with Crippen molar-refractivity contribution in [3.8, 4) is 0 Å². The third kappa shape index (κ3) is 3.13. The SMILES string of the molecule is Fc1c(Nc2ncnc3cnc([C@@H]4CCNC4)cc23)ccc(Cl)c1Cl. The van der Waals surface area contributed by atoms with Crippen LogP contribution in [0.5, 0.6) is 0 Å². The number of halogens is 3. The molecule has 0 amide bonds. The van der Waals surface area contributed by atoms with Crippen molar-refractivity contribution in [1.29, 1.82) is 0 Å². The van der Waals surface area contributed by atoms with Crippen LogP contribution in [0, 0.1) is 5.82 Å². The molecule has 1 saturated heterocycles. The van der Waals surface area contributed by atoms with E-state index in [0.29, 0.717) is 17.3 Å². The third-order valence-electron chi connectivity index (χ3n) is 4.31. The van der Waals surface area contributed by atoms with E-state index in [4.69, 9.17) is 23.2 Å². The van der Waals surface area contributed by atoms with Gasteiger partial charge >= 0.3 is 0 Å². The van der Waals surface area contributed by atoms with E-state index in [9.17, 15) is 4.39 Å². The summed E-state index contributed by atoms with van der Waals surface area (Å²) in [5.74, 6) is 0.242. The molecule has 1 atom stereocenters. The van der Waals surface area contributed by atoms with Gasteiger partial charge in [0.15, 0.2) is 5.82 Å². The lowest BCUT2D eigenvalue weighted by Gasteiger charge is -2.12. The Kier molecular flexibility index (Phi) is 4.41. The number of aromatic nitrogens is 3. The van der Waals surface area contributed by atoms with E-state index >= 15 is 0 Å². The summed E-state index contributed by atoms with van der Waals surface area (Å²) in [5, 5.41) is 7.14. The van der Waals surface area contributed by atoms with E-state index in [1.807, 2.05) is 6.07 Å². The quantitative estimate of drug-likeness (QED) is 0.666. The van der Waals surface area contributed by atoms with Crippen LogP contribution < -0.4 is 10.6 Å². The van der Waals surface area contributed by atoms with Gasteiger partial charge in [0.2, 0.25) is 0 Å². The zero-order valence-electron chi connectivity index (χ0n) is 13.1. The molecule has 0 saturated carbocycles. The van der Waals surface area contributed by atoms with E-state index in [1.165, 1.54) is 18.5 Å². The van der Waals surface area contributed by atoms with Gasteiger partial charge in [-0.15, -0.1) is 0 Å². The normalized spacial score (nSPS) is 17.2. The van der Waals surface area contributed by atoms with E-state index in [2.05, 4.69) is 25.6 Å². The molecule has 1 aromatic carbocycles. The fourth-order valence-electron chi connectivity index (χ4n) is 2.96. The topological polar surface area (TPSA) is 62.7 Å². The summed E-state index contributed by atoms with van der Waals surface area (Å²) in [4.78, 5) is 13.0. The van der Waals surface area contributed by atoms with Gasteiger partial charge in [0.25, 0.3) is 0 Å². The van der Waals surface area contributed by atoms with Gasteiger partial charge in [0, 0.05) is 23.5 Å². The van der Waals surface area contributed by atoms with E-state index in [-0.39, 0.29) is 15.7 Å². The molecule has 5 nitrogen and oxygen atoms in total. The molecule has 0 radical (unpaired) electrons. The van der Waals surface area contributed by atoms with Gasteiger partial charge in [-0.25, -0.2) is 14.4 Å². The van der Waals surface area contributed by atoms with E-state index < -0.39 is 5.82 Å². The first-order valence-corrected chi connectivity index (χ1v) is 8.61. The fraction of sp³-hybridized carbons (Fsp3) is 0.235. The standard InChI is InChI=1S/C17H14Cl2FN5/c18-11-1-2-12(16(20)15(11)19)25-17-10-5-13(9-3-4-21-6-9)22-7-14(10)23-8-24-17/h1-2,5,7-9,21H,3-4,6H2,(H,23,24,25)/t9-/m1/s1. The first-order chi connectivity index (χ1) is 12.1. The molecular weight excluding hydrogens is 364 g/mol. The summed E-state index contributed by atoms with van der Waals surface area (Å²) in [7, 11) is 0. The Balaban J connectivity index is 1.76. The molecule has 1 fully saturated rings. The average Bonchev–Trinajstić information content (AvgIpc) is 3.17. The van der Waals surface area contributed by atoms with Crippen LogP contribution in [0.4, 0.5) is 15.9 Å². The van der Waals surface area contributed by atoms with Gasteiger partial charge < -0.3 is 10.6 Å². The Morgan fingerprint density at radius 1 is 1.20 bits per heavy atom. The third-order valence-corrected chi connectivity index (χ3v) is 5.09. The monoisotopic (exact) mass is 377 g/mol. The first-order valence-electron chi connectivity index (χ1n) is 7.85. The number of fused-ring (bicyclic) bond motifs is 1. The molecule has 0 unspecified atom stereocenters. The number of benzene rings is 1. The van der Waals surface area contributed by atoms with Crippen molar-refractivity contribution in [2.75, 3.05) is 18.4 Å². The number of rotatable bonds is 3. The molecule has 4 rings (SSSR count). The van der Waals surface area contributed by atoms with Gasteiger partial charge in [-0.05, 0) is 31.2 Å². The molecule has 0 aliphatic carbocycles. The van der Waals surface area contributed by atoms with E-state index in [0.717, 1.165) is 30.6 Å².